The molecular weight excluding hydrogens is 408 g/mol. The standard InChI is InChI=1S/C24H26N4O4/c29-24(26-12-2-1-3-13-26)22-11-10-20(32-22)17-27-16-15-25-14-4-5-21(25)23(27)18-6-8-19(9-7-18)28(30)31/h4-11,14,23H,1-3,12-13,15-17H2. The molecule has 0 saturated carbocycles. The maximum Gasteiger partial charge on any atom is 0.289 e. The van der Waals surface area contributed by atoms with Crippen LogP contribution < -0.4 is 0 Å². The average molecular weight is 434 g/mol. The molecule has 3 aromatic rings. The number of non-ortho nitro benzene ring substituents is 1. The van der Waals surface area contributed by atoms with E-state index >= 15 is 0 Å². The van der Waals surface area contributed by atoms with E-state index in [9.17, 15) is 14.9 Å². The van der Waals surface area contributed by atoms with Gasteiger partial charge in [0.2, 0.25) is 0 Å². The number of carbonyl (C=O) groups is 1. The highest BCUT2D eigenvalue weighted by Crippen LogP contribution is 2.34. The Kier molecular flexibility index (Phi) is 5.53. The van der Waals surface area contributed by atoms with E-state index in [1.807, 2.05) is 29.2 Å². The number of amides is 1. The van der Waals surface area contributed by atoms with Crippen molar-refractivity contribution in [2.45, 2.75) is 38.4 Å². The number of aromatic nitrogens is 1. The number of hydrogen-bond acceptors (Lipinski definition) is 5. The highest BCUT2D eigenvalue weighted by Gasteiger charge is 2.30. The second-order valence-electron chi connectivity index (χ2n) is 8.47. The number of fused-ring (bicyclic) bond motifs is 1. The molecule has 1 saturated heterocycles. The lowest BCUT2D eigenvalue weighted by molar-refractivity contribution is -0.384. The van der Waals surface area contributed by atoms with Crippen molar-refractivity contribution < 1.29 is 14.1 Å². The monoisotopic (exact) mass is 434 g/mol. The molecule has 1 fully saturated rings. The van der Waals surface area contributed by atoms with Gasteiger partial charge in [-0.1, -0.05) is 12.1 Å². The summed E-state index contributed by atoms with van der Waals surface area (Å²) in [5.74, 6) is 1.11. The molecule has 1 aromatic carbocycles. The summed E-state index contributed by atoms with van der Waals surface area (Å²) >= 11 is 0. The first-order valence-electron chi connectivity index (χ1n) is 11.1. The van der Waals surface area contributed by atoms with E-state index in [-0.39, 0.29) is 22.6 Å². The molecule has 0 aliphatic carbocycles. The van der Waals surface area contributed by atoms with E-state index in [4.69, 9.17) is 4.42 Å². The van der Waals surface area contributed by atoms with Crippen LogP contribution in [0.3, 0.4) is 0 Å². The first-order valence-corrected chi connectivity index (χ1v) is 11.1. The third kappa shape index (κ3) is 3.93. The van der Waals surface area contributed by atoms with Crippen molar-refractivity contribution in [2.24, 2.45) is 0 Å². The smallest absolute Gasteiger partial charge is 0.289 e. The van der Waals surface area contributed by atoms with Crippen LogP contribution in [0.25, 0.3) is 0 Å². The van der Waals surface area contributed by atoms with Crippen LogP contribution in [-0.4, -0.2) is 44.8 Å². The van der Waals surface area contributed by atoms with Crippen molar-refractivity contribution >= 4 is 11.6 Å². The first kappa shape index (κ1) is 20.5. The lowest BCUT2D eigenvalue weighted by atomic mass is 9.99. The minimum atomic E-state index is -0.380. The molecule has 166 valence electrons. The Morgan fingerprint density at radius 2 is 1.78 bits per heavy atom. The second kappa shape index (κ2) is 8.63. The molecule has 8 nitrogen and oxygen atoms in total. The molecule has 1 atom stereocenters. The number of hydrogen-bond donors (Lipinski definition) is 0. The minimum absolute atomic E-state index is 0.0320. The van der Waals surface area contributed by atoms with E-state index in [1.54, 1.807) is 18.2 Å². The molecule has 2 aromatic heterocycles. The third-order valence-corrected chi connectivity index (χ3v) is 6.43. The van der Waals surface area contributed by atoms with Crippen LogP contribution in [-0.2, 0) is 13.1 Å². The number of rotatable bonds is 5. The van der Waals surface area contributed by atoms with Crippen LogP contribution in [0.2, 0.25) is 0 Å². The second-order valence-corrected chi connectivity index (χ2v) is 8.47. The lowest BCUT2D eigenvalue weighted by Crippen LogP contribution is -2.37. The highest BCUT2D eigenvalue weighted by atomic mass is 16.6. The van der Waals surface area contributed by atoms with Crippen molar-refractivity contribution in [3.8, 4) is 0 Å². The highest BCUT2D eigenvalue weighted by molar-refractivity contribution is 5.91. The zero-order valence-electron chi connectivity index (χ0n) is 17.9. The Morgan fingerprint density at radius 1 is 1.00 bits per heavy atom. The summed E-state index contributed by atoms with van der Waals surface area (Å²) in [4.78, 5) is 27.6. The van der Waals surface area contributed by atoms with E-state index < -0.39 is 0 Å². The SMILES string of the molecule is O=C(c1ccc(CN2CCn3cccc3C2c2ccc([N+](=O)[O-])cc2)o1)N1CCCCC1. The summed E-state index contributed by atoms with van der Waals surface area (Å²) < 4.78 is 8.19. The van der Waals surface area contributed by atoms with Gasteiger partial charge in [0.05, 0.1) is 17.5 Å². The van der Waals surface area contributed by atoms with Crippen LogP contribution in [0.1, 0.15) is 52.9 Å². The topological polar surface area (TPSA) is 84.8 Å². The Balaban J connectivity index is 1.38. The molecule has 4 heterocycles. The predicted molar refractivity (Wildman–Crippen MR) is 118 cm³/mol. The molecule has 32 heavy (non-hydrogen) atoms. The Morgan fingerprint density at radius 3 is 2.53 bits per heavy atom. The fourth-order valence-electron chi connectivity index (χ4n) is 4.79. The summed E-state index contributed by atoms with van der Waals surface area (Å²) in [6, 6.07) is 14.5. The van der Waals surface area contributed by atoms with Gasteiger partial charge in [0, 0.05) is 50.2 Å². The van der Waals surface area contributed by atoms with Crippen LogP contribution in [0.5, 0.6) is 0 Å². The molecule has 8 heteroatoms. The Bertz CT molecular complexity index is 1110. The van der Waals surface area contributed by atoms with Gasteiger partial charge in [0.1, 0.15) is 5.76 Å². The van der Waals surface area contributed by atoms with Gasteiger partial charge in [0.25, 0.3) is 11.6 Å². The van der Waals surface area contributed by atoms with Crippen molar-refractivity contribution in [2.75, 3.05) is 19.6 Å². The normalized spacial score (nSPS) is 19.0. The minimum Gasteiger partial charge on any atom is -0.455 e. The van der Waals surface area contributed by atoms with Crippen LogP contribution in [0, 0.1) is 10.1 Å². The van der Waals surface area contributed by atoms with Crippen LogP contribution in [0.4, 0.5) is 5.69 Å². The summed E-state index contributed by atoms with van der Waals surface area (Å²) in [5.41, 5.74) is 2.21. The molecule has 1 unspecified atom stereocenters. The van der Waals surface area contributed by atoms with Crippen molar-refractivity contribution in [3.05, 3.63) is 87.6 Å². The van der Waals surface area contributed by atoms with Crippen molar-refractivity contribution in [1.29, 1.82) is 0 Å². The van der Waals surface area contributed by atoms with E-state index in [0.717, 1.165) is 56.0 Å². The fourth-order valence-corrected chi connectivity index (χ4v) is 4.79. The van der Waals surface area contributed by atoms with E-state index in [0.29, 0.717) is 12.3 Å². The zero-order chi connectivity index (χ0) is 22.1. The maximum absolute atomic E-state index is 12.8. The van der Waals surface area contributed by atoms with Gasteiger partial charge in [-0.3, -0.25) is 19.8 Å². The molecule has 0 bridgehead atoms. The third-order valence-electron chi connectivity index (χ3n) is 6.43. The number of nitrogens with zero attached hydrogens (tertiary/aromatic N) is 4. The van der Waals surface area contributed by atoms with Crippen molar-refractivity contribution in [3.63, 3.8) is 0 Å². The van der Waals surface area contributed by atoms with E-state index in [1.165, 1.54) is 6.42 Å². The number of piperidine rings is 1. The Labute approximate surface area is 186 Å². The maximum atomic E-state index is 12.8. The van der Waals surface area contributed by atoms with Crippen LogP contribution in [0.15, 0.2) is 59.1 Å². The molecule has 2 aliphatic heterocycles. The van der Waals surface area contributed by atoms with Gasteiger partial charge in [0.15, 0.2) is 5.76 Å². The molecule has 0 N–H and O–H groups in total. The van der Waals surface area contributed by atoms with Gasteiger partial charge in [-0.25, -0.2) is 0 Å². The van der Waals surface area contributed by atoms with Gasteiger partial charge in [-0.05, 0) is 49.1 Å². The zero-order valence-corrected chi connectivity index (χ0v) is 17.9. The number of nitro benzene ring substituents is 1. The number of benzene rings is 1. The summed E-state index contributed by atoms with van der Waals surface area (Å²) in [7, 11) is 0. The van der Waals surface area contributed by atoms with Gasteiger partial charge >= 0.3 is 0 Å². The molecule has 0 radical (unpaired) electrons. The molecule has 2 aliphatic rings. The fraction of sp³-hybridized carbons (Fsp3) is 0.375. The molecule has 0 spiro atoms. The number of likely N-dealkylation sites (tertiary alicyclic amines) is 1. The predicted octanol–water partition coefficient (Wildman–Crippen LogP) is 4.22. The van der Waals surface area contributed by atoms with Crippen molar-refractivity contribution in [1.82, 2.24) is 14.4 Å². The Hall–Kier alpha value is -3.39. The number of furan rings is 1. The number of nitro groups is 1. The lowest BCUT2D eigenvalue weighted by Gasteiger charge is -2.36. The van der Waals surface area contributed by atoms with Gasteiger partial charge < -0.3 is 13.9 Å². The molecule has 1 amide bonds. The largest absolute Gasteiger partial charge is 0.455 e. The average Bonchev–Trinajstić information content (AvgIpc) is 3.49. The van der Waals surface area contributed by atoms with E-state index in [2.05, 4.69) is 21.7 Å². The first-order chi connectivity index (χ1) is 15.6. The molecular formula is C24H26N4O4. The summed E-state index contributed by atoms with van der Waals surface area (Å²) in [6.07, 6.45) is 5.33. The van der Waals surface area contributed by atoms with Gasteiger partial charge in [-0.2, -0.15) is 0 Å². The van der Waals surface area contributed by atoms with Crippen LogP contribution >= 0.6 is 0 Å². The number of carbonyl (C=O) groups excluding carboxylic acids is 1. The van der Waals surface area contributed by atoms with Gasteiger partial charge in [-0.15, -0.1) is 0 Å². The quantitative estimate of drug-likeness (QED) is 0.443. The summed E-state index contributed by atoms with van der Waals surface area (Å²) in [6.45, 7) is 3.80. The summed E-state index contributed by atoms with van der Waals surface area (Å²) in [5, 5.41) is 11.1. The molecule has 5 rings (SSSR count).